The highest BCUT2D eigenvalue weighted by molar-refractivity contribution is 7.91. The van der Waals surface area contributed by atoms with E-state index < -0.39 is 27.9 Å². The molecule has 1 amide bonds. The lowest BCUT2D eigenvalue weighted by atomic mass is 10.2. The molecule has 7 nitrogen and oxygen atoms in total. The number of carbonyl (C=O) groups excluding carboxylic acids is 1. The van der Waals surface area contributed by atoms with Gasteiger partial charge in [-0.25, -0.2) is 17.6 Å². The lowest BCUT2D eigenvalue weighted by molar-refractivity contribution is 0.145. The van der Waals surface area contributed by atoms with Crippen LogP contribution in [-0.2, 0) is 14.6 Å². The Morgan fingerprint density at radius 2 is 2.00 bits per heavy atom. The molecule has 3 rings (SSSR count). The first-order valence-corrected chi connectivity index (χ1v) is 9.15. The number of hydrogen-bond donors (Lipinski definition) is 1. The zero-order valence-electron chi connectivity index (χ0n) is 12.4. The van der Waals surface area contributed by atoms with Gasteiger partial charge in [0.1, 0.15) is 11.9 Å². The number of ether oxygens (including phenoxy) is 1. The number of amides is 1. The van der Waals surface area contributed by atoms with Crippen molar-refractivity contribution in [2.75, 3.05) is 47.5 Å². The van der Waals surface area contributed by atoms with Crippen molar-refractivity contribution in [2.45, 2.75) is 6.10 Å². The van der Waals surface area contributed by atoms with Gasteiger partial charge in [-0.3, -0.25) is 4.90 Å². The molecule has 9 heteroatoms. The van der Waals surface area contributed by atoms with Crippen LogP contribution < -0.4 is 15.5 Å². The van der Waals surface area contributed by atoms with E-state index in [4.69, 9.17) is 10.5 Å². The fourth-order valence-electron chi connectivity index (χ4n) is 2.73. The van der Waals surface area contributed by atoms with Gasteiger partial charge >= 0.3 is 6.09 Å². The van der Waals surface area contributed by atoms with E-state index >= 15 is 0 Å². The van der Waals surface area contributed by atoms with E-state index in [0.29, 0.717) is 11.4 Å². The minimum Gasteiger partial charge on any atom is -0.443 e. The maximum atomic E-state index is 14.4. The van der Waals surface area contributed by atoms with Crippen molar-refractivity contribution in [3.05, 3.63) is 24.0 Å². The highest BCUT2D eigenvalue weighted by atomic mass is 32.2. The number of cyclic esters (lactones) is 1. The van der Waals surface area contributed by atoms with E-state index in [2.05, 4.69) is 0 Å². The maximum absolute atomic E-state index is 14.4. The van der Waals surface area contributed by atoms with Crippen molar-refractivity contribution < 1.29 is 22.3 Å². The fourth-order valence-corrected chi connectivity index (χ4v) is 3.93. The number of halogens is 1. The zero-order valence-corrected chi connectivity index (χ0v) is 13.3. The molecule has 1 aromatic rings. The number of hydrogen-bond acceptors (Lipinski definition) is 6. The van der Waals surface area contributed by atoms with Crippen molar-refractivity contribution >= 4 is 27.3 Å². The fraction of sp³-hybridized carbons (Fsp3) is 0.500. The van der Waals surface area contributed by atoms with Crippen LogP contribution in [0, 0.1) is 5.82 Å². The molecule has 0 aromatic heterocycles. The molecule has 2 aliphatic rings. The Balaban J connectivity index is 1.78. The van der Waals surface area contributed by atoms with Crippen molar-refractivity contribution in [2.24, 2.45) is 5.73 Å². The average Bonchev–Trinajstić information content (AvgIpc) is 2.89. The van der Waals surface area contributed by atoms with Crippen molar-refractivity contribution in [1.82, 2.24) is 0 Å². The summed E-state index contributed by atoms with van der Waals surface area (Å²) in [4.78, 5) is 14.8. The first-order chi connectivity index (χ1) is 10.9. The summed E-state index contributed by atoms with van der Waals surface area (Å²) in [5.41, 5.74) is 6.22. The van der Waals surface area contributed by atoms with Gasteiger partial charge in [0.15, 0.2) is 9.84 Å². The van der Waals surface area contributed by atoms with Gasteiger partial charge in [0, 0.05) is 19.6 Å². The van der Waals surface area contributed by atoms with Crippen LogP contribution >= 0.6 is 0 Å². The summed E-state index contributed by atoms with van der Waals surface area (Å²) in [5.74, 6) is -0.457. The Hall–Kier alpha value is -1.87. The predicted octanol–water partition coefficient (Wildman–Crippen LogP) is 0.344. The van der Waals surface area contributed by atoms with Crippen LogP contribution in [0.5, 0.6) is 0 Å². The molecule has 2 heterocycles. The smallest absolute Gasteiger partial charge is 0.414 e. The van der Waals surface area contributed by atoms with Gasteiger partial charge in [-0.1, -0.05) is 0 Å². The molecule has 2 saturated heterocycles. The van der Waals surface area contributed by atoms with Crippen LogP contribution in [0.3, 0.4) is 0 Å². The Bertz CT molecular complexity index is 711. The van der Waals surface area contributed by atoms with E-state index in [1.807, 2.05) is 0 Å². The van der Waals surface area contributed by atoms with Crippen LogP contribution in [0.4, 0.5) is 20.6 Å². The van der Waals surface area contributed by atoms with E-state index in [9.17, 15) is 17.6 Å². The molecule has 126 valence electrons. The largest absolute Gasteiger partial charge is 0.443 e. The molecule has 23 heavy (non-hydrogen) atoms. The van der Waals surface area contributed by atoms with Crippen molar-refractivity contribution in [3.8, 4) is 0 Å². The van der Waals surface area contributed by atoms with Crippen LogP contribution in [-0.4, -0.2) is 58.3 Å². The highest BCUT2D eigenvalue weighted by Crippen LogP contribution is 2.28. The molecular formula is C14H18FN3O4S. The standard InChI is InChI=1S/C14H18FN3O4S/c15-12-7-10(18-9-11(8-16)22-14(18)19)1-2-13(12)17-3-5-23(20,21)6-4-17/h1-2,7,11H,3-6,8-9,16H2/t11-/m0/s1. The minimum atomic E-state index is -3.02. The minimum absolute atomic E-state index is 0.0187. The Labute approximate surface area is 133 Å². The van der Waals surface area contributed by atoms with Gasteiger partial charge in [-0.05, 0) is 18.2 Å². The Morgan fingerprint density at radius 3 is 2.57 bits per heavy atom. The molecule has 0 saturated carbocycles. The second-order valence-corrected chi connectivity index (χ2v) is 7.93. The summed E-state index contributed by atoms with van der Waals surface area (Å²) < 4.78 is 42.3. The predicted molar refractivity (Wildman–Crippen MR) is 83.9 cm³/mol. The summed E-state index contributed by atoms with van der Waals surface area (Å²) in [7, 11) is -3.02. The van der Waals surface area contributed by atoms with Gasteiger partial charge in [0.05, 0.1) is 29.4 Å². The average molecular weight is 343 g/mol. The van der Waals surface area contributed by atoms with Crippen LogP contribution in [0.15, 0.2) is 18.2 Å². The lowest BCUT2D eigenvalue weighted by Crippen LogP contribution is -2.40. The van der Waals surface area contributed by atoms with Crippen LogP contribution in [0.2, 0.25) is 0 Å². The second kappa shape index (κ2) is 5.97. The quantitative estimate of drug-likeness (QED) is 0.851. The lowest BCUT2D eigenvalue weighted by Gasteiger charge is -2.29. The SMILES string of the molecule is NC[C@H]1CN(c2ccc(N3CCS(=O)(=O)CC3)c(F)c2)C(=O)O1. The zero-order chi connectivity index (χ0) is 16.6. The monoisotopic (exact) mass is 343 g/mol. The van der Waals surface area contributed by atoms with Gasteiger partial charge < -0.3 is 15.4 Å². The topological polar surface area (TPSA) is 92.9 Å². The maximum Gasteiger partial charge on any atom is 0.414 e. The summed E-state index contributed by atoms with van der Waals surface area (Å²) in [6, 6.07) is 4.45. The molecule has 0 bridgehead atoms. The summed E-state index contributed by atoms with van der Waals surface area (Å²) in [6.07, 6.45) is -0.936. The first-order valence-electron chi connectivity index (χ1n) is 7.33. The summed E-state index contributed by atoms with van der Waals surface area (Å²) in [6.45, 7) is 1.03. The van der Waals surface area contributed by atoms with E-state index in [1.54, 1.807) is 17.0 Å². The number of carbonyl (C=O) groups is 1. The molecule has 2 fully saturated rings. The second-order valence-electron chi connectivity index (χ2n) is 5.63. The molecule has 1 aromatic carbocycles. The Kier molecular flexibility index (Phi) is 4.15. The van der Waals surface area contributed by atoms with E-state index in [1.165, 1.54) is 11.0 Å². The van der Waals surface area contributed by atoms with E-state index in [-0.39, 0.29) is 37.7 Å². The Morgan fingerprint density at radius 1 is 1.30 bits per heavy atom. The van der Waals surface area contributed by atoms with E-state index in [0.717, 1.165) is 0 Å². The van der Waals surface area contributed by atoms with Gasteiger partial charge in [-0.15, -0.1) is 0 Å². The molecular weight excluding hydrogens is 325 g/mol. The van der Waals surface area contributed by atoms with Crippen LogP contribution in [0.1, 0.15) is 0 Å². The number of benzene rings is 1. The van der Waals surface area contributed by atoms with Crippen LogP contribution in [0.25, 0.3) is 0 Å². The number of sulfone groups is 1. The molecule has 0 aliphatic carbocycles. The number of nitrogens with zero attached hydrogens (tertiary/aromatic N) is 2. The molecule has 0 radical (unpaired) electrons. The summed E-state index contributed by atoms with van der Waals surface area (Å²) in [5, 5.41) is 0. The highest BCUT2D eigenvalue weighted by Gasteiger charge is 2.32. The molecule has 0 unspecified atom stereocenters. The normalized spacial score (nSPS) is 23.9. The third-order valence-electron chi connectivity index (χ3n) is 4.07. The van der Waals surface area contributed by atoms with Crippen molar-refractivity contribution in [1.29, 1.82) is 0 Å². The number of rotatable bonds is 3. The molecule has 0 spiro atoms. The third kappa shape index (κ3) is 3.25. The van der Waals surface area contributed by atoms with Gasteiger partial charge in [0.25, 0.3) is 0 Å². The molecule has 1 atom stereocenters. The summed E-state index contributed by atoms with van der Waals surface area (Å²) >= 11 is 0. The third-order valence-corrected chi connectivity index (χ3v) is 5.67. The molecule has 2 N–H and O–H groups in total. The number of anilines is 2. The number of nitrogens with two attached hydrogens (primary N) is 1. The molecule has 2 aliphatic heterocycles. The van der Waals surface area contributed by atoms with Gasteiger partial charge in [-0.2, -0.15) is 0 Å². The van der Waals surface area contributed by atoms with Crippen molar-refractivity contribution in [3.63, 3.8) is 0 Å². The van der Waals surface area contributed by atoms with Gasteiger partial charge in [0.2, 0.25) is 0 Å². The first kappa shape index (κ1) is 16.0.